The first kappa shape index (κ1) is 23.5. The van der Waals surface area contributed by atoms with Crippen LogP contribution < -0.4 is 13.9 Å². The Balaban J connectivity index is 1.20. The van der Waals surface area contributed by atoms with Crippen LogP contribution in [0.25, 0.3) is 0 Å². The van der Waals surface area contributed by atoms with Crippen molar-refractivity contribution in [3.05, 3.63) is 83.4 Å². The minimum Gasteiger partial charge on any atom is -0.482 e. The van der Waals surface area contributed by atoms with E-state index in [0.29, 0.717) is 31.7 Å². The number of halogens is 1. The molecule has 1 saturated heterocycles. The minimum atomic E-state index is -3.75. The van der Waals surface area contributed by atoms with Gasteiger partial charge < -0.3 is 14.5 Å². The number of ether oxygens (including phenoxy) is 1. The van der Waals surface area contributed by atoms with Crippen molar-refractivity contribution in [2.75, 3.05) is 48.5 Å². The summed E-state index contributed by atoms with van der Waals surface area (Å²) in [5, 5.41) is 0.153. The van der Waals surface area contributed by atoms with Gasteiger partial charge in [-0.25, -0.2) is 8.42 Å². The fraction of sp³-hybridized carbons (Fsp3) is 0.269. The lowest BCUT2D eigenvalue weighted by Crippen LogP contribution is -2.50. The minimum absolute atomic E-state index is 0.0925. The smallest absolute Gasteiger partial charge is 0.264 e. The van der Waals surface area contributed by atoms with Crippen molar-refractivity contribution in [2.24, 2.45) is 0 Å². The zero-order chi connectivity index (χ0) is 24.4. The van der Waals surface area contributed by atoms with Crippen molar-refractivity contribution >= 4 is 38.9 Å². The molecule has 0 radical (unpaired) electrons. The molecule has 3 aromatic carbocycles. The third-order valence-electron chi connectivity index (χ3n) is 6.44. The van der Waals surface area contributed by atoms with Crippen molar-refractivity contribution in [1.82, 2.24) is 4.90 Å². The monoisotopic (exact) mass is 511 g/mol. The van der Waals surface area contributed by atoms with Crippen LogP contribution in [0.15, 0.2) is 77.7 Å². The highest BCUT2D eigenvalue weighted by Crippen LogP contribution is 2.35. The lowest BCUT2D eigenvalue weighted by Gasteiger charge is -2.36. The first-order valence-corrected chi connectivity index (χ1v) is 13.4. The van der Waals surface area contributed by atoms with E-state index in [1.54, 1.807) is 4.90 Å². The zero-order valence-electron chi connectivity index (χ0n) is 19.1. The zero-order valence-corrected chi connectivity index (χ0v) is 20.7. The Bertz CT molecular complexity index is 1330. The number of anilines is 2. The Morgan fingerprint density at radius 3 is 2.34 bits per heavy atom. The molecule has 182 valence electrons. The molecule has 1 fully saturated rings. The third-order valence-corrected chi connectivity index (χ3v) is 8.55. The van der Waals surface area contributed by atoms with Crippen molar-refractivity contribution in [3.8, 4) is 5.75 Å². The second-order valence-corrected chi connectivity index (χ2v) is 10.8. The normalized spacial score (nSPS) is 15.7. The molecule has 0 bridgehead atoms. The molecular weight excluding hydrogens is 486 g/mol. The van der Waals surface area contributed by atoms with Crippen LogP contribution in [0.3, 0.4) is 0 Å². The number of benzene rings is 3. The number of sulfonamides is 1. The largest absolute Gasteiger partial charge is 0.482 e. The molecular formula is C26H26ClN3O4S. The summed E-state index contributed by atoms with van der Waals surface area (Å²) in [4.78, 5) is 16.8. The fourth-order valence-corrected chi connectivity index (χ4v) is 6.36. The molecule has 5 rings (SSSR count). The second kappa shape index (κ2) is 9.79. The van der Waals surface area contributed by atoms with Gasteiger partial charge >= 0.3 is 0 Å². The maximum Gasteiger partial charge on any atom is 0.264 e. The van der Waals surface area contributed by atoms with E-state index in [1.165, 1.54) is 22.5 Å². The molecule has 0 aromatic heterocycles. The topological polar surface area (TPSA) is 70.2 Å². The second-order valence-electron chi connectivity index (χ2n) is 8.54. The molecule has 0 spiro atoms. The lowest BCUT2D eigenvalue weighted by atomic mass is 10.2. The highest BCUT2D eigenvalue weighted by atomic mass is 35.5. The third kappa shape index (κ3) is 4.81. The molecule has 2 aliphatic heterocycles. The fourth-order valence-electron chi connectivity index (χ4n) is 4.53. The first-order valence-electron chi connectivity index (χ1n) is 11.5. The van der Waals surface area contributed by atoms with Crippen molar-refractivity contribution in [3.63, 3.8) is 0 Å². The molecule has 3 aromatic rings. The summed E-state index contributed by atoms with van der Waals surface area (Å²) in [6, 6.07) is 22.0. The van der Waals surface area contributed by atoms with Crippen LogP contribution in [0, 0.1) is 0 Å². The highest BCUT2D eigenvalue weighted by Gasteiger charge is 2.31. The highest BCUT2D eigenvalue weighted by molar-refractivity contribution is 7.92. The molecule has 0 aliphatic carbocycles. The van der Waals surface area contributed by atoms with E-state index in [2.05, 4.69) is 17.0 Å². The quantitative estimate of drug-likeness (QED) is 0.503. The van der Waals surface area contributed by atoms with Crippen molar-refractivity contribution < 1.29 is 17.9 Å². The van der Waals surface area contributed by atoms with Gasteiger partial charge in [0, 0.05) is 38.4 Å². The Hall–Kier alpha value is -3.23. The molecule has 0 unspecified atom stereocenters. The molecule has 0 N–H and O–H groups in total. The molecule has 35 heavy (non-hydrogen) atoms. The van der Waals surface area contributed by atoms with Gasteiger partial charge in [0.2, 0.25) is 0 Å². The first-order chi connectivity index (χ1) is 16.9. The number of carbonyl (C=O) groups excluding carboxylic acids is 1. The van der Waals surface area contributed by atoms with Gasteiger partial charge in [0.05, 0.1) is 15.6 Å². The van der Waals surface area contributed by atoms with Crippen LogP contribution in [0.2, 0.25) is 5.02 Å². The van der Waals surface area contributed by atoms with Crippen LogP contribution in [-0.4, -0.2) is 58.6 Å². The summed E-state index contributed by atoms with van der Waals surface area (Å²) in [5.74, 6) is 0.155. The number of piperazine rings is 1. The number of amides is 1. The summed E-state index contributed by atoms with van der Waals surface area (Å²) >= 11 is 6.36. The Labute approximate surface area is 210 Å². The number of hydrogen-bond donors (Lipinski definition) is 0. The summed E-state index contributed by atoms with van der Waals surface area (Å²) < 4.78 is 33.5. The van der Waals surface area contributed by atoms with Gasteiger partial charge in [-0.2, -0.15) is 0 Å². The van der Waals surface area contributed by atoms with Gasteiger partial charge in [-0.05, 0) is 48.4 Å². The molecule has 0 saturated carbocycles. The van der Waals surface area contributed by atoms with Gasteiger partial charge in [0.15, 0.2) is 6.61 Å². The number of para-hydroxylation sites is 2. The van der Waals surface area contributed by atoms with E-state index in [4.69, 9.17) is 16.3 Å². The molecule has 9 heteroatoms. The van der Waals surface area contributed by atoms with E-state index in [9.17, 15) is 13.2 Å². The molecule has 7 nitrogen and oxygen atoms in total. The average molecular weight is 512 g/mol. The van der Waals surface area contributed by atoms with E-state index < -0.39 is 10.0 Å². The van der Waals surface area contributed by atoms with Gasteiger partial charge in [0.25, 0.3) is 15.9 Å². The van der Waals surface area contributed by atoms with E-state index in [0.717, 1.165) is 24.3 Å². The number of carbonyl (C=O) groups is 1. The van der Waals surface area contributed by atoms with Gasteiger partial charge in [-0.15, -0.1) is 0 Å². The predicted molar refractivity (Wildman–Crippen MR) is 137 cm³/mol. The molecule has 1 amide bonds. The van der Waals surface area contributed by atoms with Crippen LogP contribution in [0.4, 0.5) is 11.4 Å². The van der Waals surface area contributed by atoms with Crippen LogP contribution in [-0.2, 0) is 21.2 Å². The van der Waals surface area contributed by atoms with Gasteiger partial charge in [-0.3, -0.25) is 9.10 Å². The average Bonchev–Trinajstić information content (AvgIpc) is 3.33. The molecule has 0 atom stereocenters. The van der Waals surface area contributed by atoms with Crippen LogP contribution in [0.1, 0.15) is 5.56 Å². The maximum absolute atomic E-state index is 13.2. The number of hydrogen-bond acceptors (Lipinski definition) is 5. The van der Waals surface area contributed by atoms with Crippen molar-refractivity contribution in [2.45, 2.75) is 11.3 Å². The van der Waals surface area contributed by atoms with Crippen LogP contribution in [0.5, 0.6) is 5.75 Å². The molecule has 2 heterocycles. The predicted octanol–water partition coefficient (Wildman–Crippen LogP) is 3.82. The lowest BCUT2D eigenvalue weighted by molar-refractivity contribution is -0.133. The summed E-state index contributed by atoms with van der Waals surface area (Å²) in [5.41, 5.74) is 2.85. The summed E-state index contributed by atoms with van der Waals surface area (Å²) in [6.45, 7) is 2.96. The van der Waals surface area contributed by atoms with E-state index in [-0.39, 0.29) is 28.2 Å². The maximum atomic E-state index is 13.2. The number of fused-ring (bicyclic) bond motifs is 1. The standard InChI is InChI=1S/C26H26ClN3O4S/c27-23-18-22(35(32,33)30-13-12-20-6-4-5-9-24(20)30)10-11-25(23)34-19-26(31)29-16-14-28(15-17-29)21-7-2-1-3-8-21/h1-11,18H,12-17,19H2. The van der Waals surface area contributed by atoms with E-state index in [1.807, 2.05) is 42.5 Å². The SMILES string of the molecule is O=C(COc1ccc(S(=O)(=O)N2CCc3ccccc32)cc1Cl)N1CCN(c2ccccc2)CC1. The summed E-state index contributed by atoms with van der Waals surface area (Å²) in [7, 11) is -3.75. The van der Waals surface area contributed by atoms with E-state index >= 15 is 0 Å². The number of nitrogens with zero attached hydrogens (tertiary/aromatic N) is 3. The van der Waals surface area contributed by atoms with Gasteiger partial charge in [-0.1, -0.05) is 48.0 Å². The van der Waals surface area contributed by atoms with Crippen molar-refractivity contribution in [1.29, 1.82) is 0 Å². The Morgan fingerprint density at radius 1 is 0.886 bits per heavy atom. The molecule has 2 aliphatic rings. The number of rotatable bonds is 6. The Morgan fingerprint density at radius 2 is 1.60 bits per heavy atom. The van der Waals surface area contributed by atoms with Crippen LogP contribution >= 0.6 is 11.6 Å². The summed E-state index contributed by atoms with van der Waals surface area (Å²) in [6.07, 6.45) is 0.673. The van der Waals surface area contributed by atoms with Gasteiger partial charge in [0.1, 0.15) is 5.75 Å². The Kier molecular flexibility index (Phi) is 6.58.